The highest BCUT2D eigenvalue weighted by Gasteiger charge is 2.47. The fourth-order valence-corrected chi connectivity index (χ4v) is 6.86. The van der Waals surface area contributed by atoms with E-state index in [-0.39, 0.29) is 23.9 Å². The van der Waals surface area contributed by atoms with Crippen LogP contribution in [-0.4, -0.2) is 70.1 Å². The largest absolute Gasteiger partial charge is 0.486 e. The van der Waals surface area contributed by atoms with E-state index in [1.165, 1.54) is 25.3 Å². The first-order chi connectivity index (χ1) is 18.5. The molecule has 0 saturated carbocycles. The van der Waals surface area contributed by atoms with Gasteiger partial charge in [0.05, 0.1) is 18.0 Å². The first-order valence-corrected chi connectivity index (χ1v) is 14.6. The number of benzene rings is 1. The number of fused-ring (bicyclic) bond motifs is 1. The van der Waals surface area contributed by atoms with Gasteiger partial charge in [0.1, 0.15) is 36.6 Å². The Morgan fingerprint density at radius 2 is 2.08 bits per heavy atom. The van der Waals surface area contributed by atoms with Crippen molar-refractivity contribution in [2.45, 2.75) is 55.8 Å². The molecule has 1 aromatic heterocycles. The van der Waals surface area contributed by atoms with Crippen LogP contribution in [0.25, 0.3) is 0 Å². The van der Waals surface area contributed by atoms with Crippen molar-refractivity contribution >= 4 is 31.3 Å². The van der Waals surface area contributed by atoms with Crippen LogP contribution < -0.4 is 30.5 Å². The number of carbonyl (C=O) groups is 1. The Balaban J connectivity index is 1.54. The van der Waals surface area contributed by atoms with Gasteiger partial charge in [-0.3, -0.25) is 13.9 Å². The van der Waals surface area contributed by atoms with Gasteiger partial charge in [-0.05, 0) is 39.0 Å². The highest BCUT2D eigenvalue weighted by Crippen LogP contribution is 2.52. The number of anilines is 1. The van der Waals surface area contributed by atoms with Crippen molar-refractivity contribution in [2.75, 3.05) is 25.6 Å². The maximum absolute atomic E-state index is 15.0. The lowest BCUT2D eigenvalue weighted by Crippen LogP contribution is -2.37. The summed E-state index contributed by atoms with van der Waals surface area (Å²) in [5.74, 6) is -0.151. The second-order valence-electron chi connectivity index (χ2n) is 9.04. The fourth-order valence-electron chi connectivity index (χ4n) is 3.82. The smallest absolute Gasteiger partial charge is 0.459 e. The van der Waals surface area contributed by atoms with E-state index in [1.54, 1.807) is 26.0 Å². The Kier molecular flexibility index (Phi) is 9.07. The molecule has 39 heavy (non-hydrogen) atoms. The third-order valence-corrected chi connectivity index (χ3v) is 8.79. The Morgan fingerprint density at radius 1 is 1.33 bits per heavy atom. The number of ether oxygens (including phenoxy) is 3. The Bertz CT molecular complexity index is 1300. The minimum atomic E-state index is -4.38. The Hall–Kier alpha value is -2.84. The molecule has 6 atom stereocenters. The SMILES string of the molecule is CC(C)OC(=O)[C@H](C)NP(=O)(OC[C@H]1S[C@@H](n2ccc(N)nc2=O)[C@@H](F)[C@@H]1O)Oc1cccc2c1OCCO2. The molecule has 2 aliphatic rings. The third kappa shape index (κ3) is 6.84. The minimum Gasteiger partial charge on any atom is -0.486 e. The molecule has 16 heteroatoms. The number of esters is 1. The first kappa shape index (κ1) is 29.2. The Morgan fingerprint density at radius 3 is 2.79 bits per heavy atom. The van der Waals surface area contributed by atoms with Crippen molar-refractivity contribution < 1.29 is 42.1 Å². The van der Waals surface area contributed by atoms with Crippen molar-refractivity contribution in [2.24, 2.45) is 0 Å². The van der Waals surface area contributed by atoms with Gasteiger partial charge in [-0.1, -0.05) is 6.07 Å². The number of carbonyl (C=O) groups excluding carboxylic acids is 1. The van der Waals surface area contributed by atoms with Crippen molar-refractivity contribution in [1.29, 1.82) is 0 Å². The van der Waals surface area contributed by atoms with Gasteiger partial charge in [0.15, 0.2) is 17.7 Å². The topological polar surface area (TPSA) is 173 Å². The average molecular weight is 589 g/mol. The van der Waals surface area contributed by atoms with Crippen LogP contribution in [0.5, 0.6) is 17.2 Å². The summed E-state index contributed by atoms with van der Waals surface area (Å²) >= 11 is 0.895. The van der Waals surface area contributed by atoms with E-state index in [0.717, 1.165) is 16.3 Å². The monoisotopic (exact) mass is 588 g/mol. The second-order valence-corrected chi connectivity index (χ2v) is 12.1. The van der Waals surface area contributed by atoms with Gasteiger partial charge in [-0.15, -0.1) is 11.8 Å². The number of para-hydroxylation sites is 1. The molecule has 2 aromatic rings. The van der Waals surface area contributed by atoms with E-state index in [4.69, 9.17) is 29.0 Å². The summed E-state index contributed by atoms with van der Waals surface area (Å²) < 4.78 is 57.7. The lowest BCUT2D eigenvalue weighted by atomic mass is 10.1. The molecule has 0 bridgehead atoms. The van der Waals surface area contributed by atoms with Crippen LogP contribution in [0.15, 0.2) is 35.3 Å². The maximum atomic E-state index is 15.0. The molecule has 1 aromatic carbocycles. The zero-order chi connectivity index (χ0) is 28.3. The minimum absolute atomic E-state index is 0.0211. The fraction of sp³-hybridized carbons (Fsp3) is 0.522. The van der Waals surface area contributed by atoms with Crippen molar-refractivity contribution in [3.05, 3.63) is 40.9 Å². The highest BCUT2D eigenvalue weighted by molar-refractivity contribution is 8.00. The lowest BCUT2D eigenvalue weighted by Gasteiger charge is -2.27. The zero-order valence-electron chi connectivity index (χ0n) is 21.4. The molecule has 13 nitrogen and oxygen atoms in total. The Labute approximate surface area is 227 Å². The zero-order valence-corrected chi connectivity index (χ0v) is 23.1. The standard InChI is InChI=1S/C23H30FN4O9PS/c1-12(2)36-22(30)13(3)27-38(32,37-15-6-4-5-14-20(15)34-10-9-33-14)35-11-16-19(29)18(24)21(39-16)28-8-7-17(25)26-23(28)31/h4-8,12-13,16,18-19,21,29H,9-11H2,1-3H3,(H,27,32)(H2,25,26,31)/t13-,16+,18-,19+,21+,38?/m0/s1. The van der Waals surface area contributed by atoms with E-state index in [1.807, 2.05) is 0 Å². The number of aliphatic hydroxyl groups excluding tert-OH is 1. The van der Waals surface area contributed by atoms with Crippen LogP contribution >= 0.6 is 19.5 Å². The van der Waals surface area contributed by atoms with Gasteiger partial charge < -0.3 is 29.6 Å². The van der Waals surface area contributed by atoms with Gasteiger partial charge in [0.2, 0.25) is 5.75 Å². The molecule has 1 saturated heterocycles. The van der Waals surface area contributed by atoms with E-state index in [2.05, 4.69) is 10.1 Å². The molecule has 4 N–H and O–H groups in total. The quantitative estimate of drug-likeness (QED) is 0.272. The van der Waals surface area contributed by atoms with Crippen LogP contribution in [0.1, 0.15) is 26.1 Å². The van der Waals surface area contributed by atoms with Crippen LogP contribution in [0.2, 0.25) is 0 Å². The van der Waals surface area contributed by atoms with Crippen LogP contribution in [-0.2, 0) is 18.6 Å². The predicted molar refractivity (Wildman–Crippen MR) is 140 cm³/mol. The van der Waals surface area contributed by atoms with Crippen molar-refractivity contribution in [3.8, 4) is 17.2 Å². The summed E-state index contributed by atoms with van der Waals surface area (Å²) in [6, 6.07) is 4.93. The number of hydrogen-bond acceptors (Lipinski definition) is 12. The number of aromatic nitrogens is 2. The average Bonchev–Trinajstić information content (AvgIpc) is 3.16. The summed E-state index contributed by atoms with van der Waals surface area (Å²) in [6.45, 7) is 4.81. The number of nitrogens with one attached hydrogen (secondary N) is 1. The molecule has 2 aliphatic heterocycles. The molecule has 214 valence electrons. The summed E-state index contributed by atoms with van der Waals surface area (Å²) in [4.78, 5) is 28.2. The number of nitrogen functional groups attached to an aromatic ring is 1. The molecule has 1 unspecified atom stereocenters. The maximum Gasteiger partial charge on any atom is 0.459 e. The van der Waals surface area contributed by atoms with Gasteiger partial charge in [-0.2, -0.15) is 10.1 Å². The molecular weight excluding hydrogens is 558 g/mol. The van der Waals surface area contributed by atoms with Gasteiger partial charge in [0, 0.05) is 6.20 Å². The predicted octanol–water partition coefficient (Wildman–Crippen LogP) is 2.04. The normalized spacial score (nSPS) is 24.7. The van der Waals surface area contributed by atoms with Crippen LogP contribution in [0, 0.1) is 0 Å². The van der Waals surface area contributed by atoms with Gasteiger partial charge in [-0.25, -0.2) is 13.8 Å². The number of rotatable bonds is 10. The molecule has 0 radical (unpaired) electrons. The molecule has 0 aliphatic carbocycles. The lowest BCUT2D eigenvalue weighted by molar-refractivity contribution is -0.149. The molecule has 4 rings (SSSR count). The molecular formula is C23H30FN4O9PS. The van der Waals surface area contributed by atoms with Crippen molar-refractivity contribution in [1.82, 2.24) is 14.6 Å². The summed E-state index contributed by atoms with van der Waals surface area (Å²) in [7, 11) is -4.38. The van der Waals surface area contributed by atoms with Gasteiger partial charge in [0.25, 0.3) is 0 Å². The molecule has 0 spiro atoms. The first-order valence-electron chi connectivity index (χ1n) is 12.1. The van der Waals surface area contributed by atoms with Crippen LogP contribution in [0.4, 0.5) is 10.2 Å². The highest BCUT2D eigenvalue weighted by atomic mass is 32.2. The summed E-state index contributed by atoms with van der Waals surface area (Å²) in [5.41, 5.74) is 4.72. The summed E-state index contributed by atoms with van der Waals surface area (Å²) in [5, 5.41) is 11.0. The van der Waals surface area contributed by atoms with E-state index in [9.17, 15) is 19.3 Å². The number of alkyl halides is 1. The molecule has 3 heterocycles. The van der Waals surface area contributed by atoms with Crippen LogP contribution in [0.3, 0.4) is 0 Å². The number of hydrogen-bond donors (Lipinski definition) is 3. The number of thioether (sulfide) groups is 1. The second kappa shape index (κ2) is 12.1. The van der Waals surface area contributed by atoms with E-state index < -0.39 is 61.1 Å². The van der Waals surface area contributed by atoms with Crippen molar-refractivity contribution in [3.63, 3.8) is 0 Å². The number of aliphatic hydroxyl groups is 1. The summed E-state index contributed by atoms with van der Waals surface area (Å²) in [6.07, 6.45) is -2.60. The molecule has 1 fully saturated rings. The molecule has 0 amide bonds. The van der Waals surface area contributed by atoms with E-state index in [0.29, 0.717) is 12.4 Å². The number of nitrogens with zero attached hydrogens (tertiary/aromatic N) is 2. The van der Waals surface area contributed by atoms with E-state index >= 15 is 4.39 Å². The number of halogens is 1. The number of nitrogens with two attached hydrogens (primary N) is 1. The third-order valence-electron chi connectivity index (χ3n) is 5.63. The van der Waals surface area contributed by atoms with Gasteiger partial charge >= 0.3 is 19.4 Å².